The molecule has 4 aromatic rings. The number of carbonyl (C=O) groups is 2. The zero-order chi connectivity index (χ0) is 21.3. The van der Waals surface area contributed by atoms with Crippen LogP contribution in [0.1, 0.15) is 22.3 Å². The molecular weight excluding hydrogens is 428 g/mol. The number of anilines is 1. The minimum Gasteiger partial charge on any atom is -0.448 e. The maximum absolute atomic E-state index is 12.6. The van der Waals surface area contributed by atoms with E-state index in [1.807, 2.05) is 12.1 Å². The average molecular weight is 443 g/mol. The Morgan fingerprint density at radius 3 is 2.73 bits per heavy atom. The van der Waals surface area contributed by atoms with Crippen LogP contribution in [0.15, 0.2) is 36.9 Å². The third-order valence-electron chi connectivity index (χ3n) is 4.19. The molecule has 1 unspecified atom stereocenters. The monoisotopic (exact) mass is 442 g/mol. The molecule has 1 amide bonds. The molecular formula is C19H15ClN6O3S. The number of thiazole rings is 1. The molecule has 0 aliphatic carbocycles. The van der Waals surface area contributed by atoms with Gasteiger partial charge in [-0.1, -0.05) is 23.7 Å². The molecule has 1 aromatic carbocycles. The molecule has 0 aliphatic heterocycles. The molecule has 11 heteroatoms. The highest BCUT2D eigenvalue weighted by atomic mass is 35.5. The van der Waals surface area contributed by atoms with Gasteiger partial charge in [-0.3, -0.25) is 4.79 Å². The van der Waals surface area contributed by atoms with Crippen LogP contribution in [-0.2, 0) is 9.53 Å². The molecule has 0 aliphatic rings. The lowest BCUT2D eigenvalue weighted by Crippen LogP contribution is -2.30. The Labute approximate surface area is 179 Å². The Morgan fingerprint density at radius 2 is 1.97 bits per heavy atom. The SMILES string of the molecule is Cc1nc(-c2ccc(Cl)cc2)sc1C(=O)OC(C)C(=O)Nc1ncnc2nc[nH]c12. The predicted octanol–water partition coefficient (Wildman–Crippen LogP) is 3.62. The molecule has 0 radical (unpaired) electrons. The topological polar surface area (TPSA) is 123 Å². The summed E-state index contributed by atoms with van der Waals surface area (Å²) in [6, 6.07) is 7.15. The van der Waals surface area contributed by atoms with Crippen LogP contribution >= 0.6 is 22.9 Å². The highest BCUT2D eigenvalue weighted by Gasteiger charge is 2.24. The van der Waals surface area contributed by atoms with Gasteiger partial charge in [0.2, 0.25) is 0 Å². The molecule has 3 aromatic heterocycles. The van der Waals surface area contributed by atoms with Crippen molar-refractivity contribution in [3.63, 3.8) is 0 Å². The lowest BCUT2D eigenvalue weighted by atomic mass is 10.2. The van der Waals surface area contributed by atoms with Gasteiger partial charge in [0, 0.05) is 10.6 Å². The quantitative estimate of drug-likeness (QED) is 0.452. The second-order valence-electron chi connectivity index (χ2n) is 6.30. The van der Waals surface area contributed by atoms with Crippen LogP contribution in [0.25, 0.3) is 21.7 Å². The highest BCUT2D eigenvalue weighted by molar-refractivity contribution is 7.17. The number of benzene rings is 1. The fourth-order valence-electron chi connectivity index (χ4n) is 2.65. The molecule has 0 fully saturated rings. The number of rotatable bonds is 5. The number of imidazole rings is 1. The summed E-state index contributed by atoms with van der Waals surface area (Å²) >= 11 is 7.11. The van der Waals surface area contributed by atoms with Gasteiger partial charge in [-0.25, -0.2) is 24.7 Å². The smallest absolute Gasteiger partial charge is 0.351 e. The summed E-state index contributed by atoms with van der Waals surface area (Å²) in [5.41, 5.74) is 2.26. The molecule has 152 valence electrons. The first-order valence-corrected chi connectivity index (χ1v) is 10.0. The lowest BCUT2D eigenvalue weighted by Gasteiger charge is -2.12. The molecule has 2 N–H and O–H groups in total. The van der Waals surface area contributed by atoms with Crippen molar-refractivity contribution in [1.82, 2.24) is 24.9 Å². The summed E-state index contributed by atoms with van der Waals surface area (Å²) in [6.07, 6.45) is 1.68. The number of nitrogens with one attached hydrogen (secondary N) is 2. The Hall–Kier alpha value is -3.37. The Kier molecular flexibility index (Phi) is 5.42. The van der Waals surface area contributed by atoms with E-state index in [-0.39, 0.29) is 5.82 Å². The molecule has 1 atom stereocenters. The number of ether oxygens (including phenoxy) is 1. The maximum atomic E-state index is 12.6. The van der Waals surface area contributed by atoms with Crippen molar-refractivity contribution in [1.29, 1.82) is 0 Å². The predicted molar refractivity (Wildman–Crippen MR) is 112 cm³/mol. The van der Waals surface area contributed by atoms with Crippen LogP contribution in [0.4, 0.5) is 5.82 Å². The number of carbonyl (C=O) groups excluding carboxylic acids is 2. The van der Waals surface area contributed by atoms with Gasteiger partial charge in [-0.05, 0) is 26.0 Å². The van der Waals surface area contributed by atoms with Gasteiger partial charge in [-0.15, -0.1) is 11.3 Å². The standard InChI is InChI=1S/C19H15ClN6O3S/c1-9-14(30-18(25-9)11-3-5-12(20)6-4-11)19(28)29-10(2)17(27)26-16-13-15(22-7-21-13)23-8-24-16/h3-8,10H,1-2H3,(H2,21,22,23,24,26,27). The van der Waals surface area contributed by atoms with Gasteiger partial charge in [0.05, 0.1) is 12.0 Å². The number of aryl methyl sites for hydroxylation is 1. The number of aromatic nitrogens is 5. The van der Waals surface area contributed by atoms with Crippen molar-refractivity contribution >= 4 is 51.8 Å². The molecule has 0 spiro atoms. The lowest BCUT2D eigenvalue weighted by molar-refractivity contribution is -0.123. The largest absolute Gasteiger partial charge is 0.448 e. The Morgan fingerprint density at radius 1 is 1.20 bits per heavy atom. The number of esters is 1. The number of fused-ring (bicyclic) bond motifs is 1. The van der Waals surface area contributed by atoms with E-state index in [1.165, 1.54) is 30.9 Å². The number of halogens is 1. The minimum atomic E-state index is -1.05. The van der Waals surface area contributed by atoms with Gasteiger partial charge < -0.3 is 15.0 Å². The maximum Gasteiger partial charge on any atom is 0.351 e. The fourth-order valence-corrected chi connectivity index (χ4v) is 3.73. The van der Waals surface area contributed by atoms with Crippen LogP contribution in [0.2, 0.25) is 5.02 Å². The van der Waals surface area contributed by atoms with E-state index in [4.69, 9.17) is 16.3 Å². The normalized spacial score (nSPS) is 12.0. The summed E-state index contributed by atoms with van der Waals surface area (Å²) in [7, 11) is 0. The first-order valence-electron chi connectivity index (χ1n) is 8.81. The second-order valence-corrected chi connectivity index (χ2v) is 7.74. The van der Waals surface area contributed by atoms with Crippen LogP contribution in [0, 0.1) is 6.92 Å². The Bertz CT molecular complexity index is 1240. The van der Waals surface area contributed by atoms with Gasteiger partial charge >= 0.3 is 5.97 Å². The number of aromatic amines is 1. The van der Waals surface area contributed by atoms with E-state index < -0.39 is 18.0 Å². The third-order valence-corrected chi connectivity index (χ3v) is 5.63. The zero-order valence-electron chi connectivity index (χ0n) is 15.8. The number of hydrogen-bond donors (Lipinski definition) is 2. The van der Waals surface area contributed by atoms with Crippen molar-refractivity contribution < 1.29 is 14.3 Å². The van der Waals surface area contributed by atoms with E-state index in [2.05, 4.69) is 30.2 Å². The Balaban J connectivity index is 1.46. The van der Waals surface area contributed by atoms with Crippen molar-refractivity contribution in [2.45, 2.75) is 20.0 Å². The van der Waals surface area contributed by atoms with Crippen molar-refractivity contribution in [3.05, 3.63) is 52.5 Å². The summed E-state index contributed by atoms with van der Waals surface area (Å²) in [5, 5.41) is 3.89. The molecule has 0 saturated carbocycles. The number of nitrogens with zero attached hydrogens (tertiary/aromatic N) is 4. The highest BCUT2D eigenvalue weighted by Crippen LogP contribution is 2.29. The third kappa shape index (κ3) is 4.00. The van der Waals surface area contributed by atoms with Crippen molar-refractivity contribution in [2.75, 3.05) is 5.32 Å². The number of hydrogen-bond acceptors (Lipinski definition) is 8. The summed E-state index contributed by atoms with van der Waals surface area (Å²) < 4.78 is 5.34. The molecule has 9 nitrogen and oxygen atoms in total. The van der Waals surface area contributed by atoms with E-state index in [9.17, 15) is 9.59 Å². The fraction of sp³-hybridized carbons (Fsp3) is 0.158. The van der Waals surface area contributed by atoms with Crippen LogP contribution < -0.4 is 5.32 Å². The second kappa shape index (κ2) is 8.17. The van der Waals surface area contributed by atoms with Gasteiger partial charge in [0.1, 0.15) is 21.7 Å². The zero-order valence-corrected chi connectivity index (χ0v) is 17.4. The van der Waals surface area contributed by atoms with Crippen molar-refractivity contribution in [3.8, 4) is 10.6 Å². The molecule has 30 heavy (non-hydrogen) atoms. The van der Waals surface area contributed by atoms with Gasteiger partial charge in [0.25, 0.3) is 5.91 Å². The molecule has 0 saturated heterocycles. The first kappa shape index (κ1) is 19.9. The van der Waals surface area contributed by atoms with Crippen LogP contribution in [-0.4, -0.2) is 42.9 Å². The summed E-state index contributed by atoms with van der Waals surface area (Å²) in [4.78, 5) is 44.7. The van der Waals surface area contributed by atoms with Crippen LogP contribution in [0.3, 0.4) is 0 Å². The van der Waals surface area contributed by atoms with E-state index in [1.54, 1.807) is 19.1 Å². The number of H-pyrrole nitrogens is 1. The van der Waals surface area contributed by atoms with E-state index >= 15 is 0 Å². The van der Waals surface area contributed by atoms with Crippen molar-refractivity contribution in [2.24, 2.45) is 0 Å². The van der Waals surface area contributed by atoms with Gasteiger partial charge in [0.15, 0.2) is 17.6 Å². The van der Waals surface area contributed by atoms with E-state index in [0.717, 1.165) is 5.56 Å². The summed E-state index contributed by atoms with van der Waals surface area (Å²) in [6.45, 7) is 3.20. The molecule has 0 bridgehead atoms. The van der Waals surface area contributed by atoms with Crippen LogP contribution in [0.5, 0.6) is 0 Å². The molecule has 3 heterocycles. The average Bonchev–Trinajstić information content (AvgIpc) is 3.35. The number of amides is 1. The minimum absolute atomic E-state index is 0.254. The molecule has 4 rings (SSSR count). The summed E-state index contributed by atoms with van der Waals surface area (Å²) in [5.74, 6) is -0.898. The first-order chi connectivity index (χ1) is 14.4. The van der Waals surface area contributed by atoms with Gasteiger partial charge in [-0.2, -0.15) is 0 Å². The van der Waals surface area contributed by atoms with E-state index in [0.29, 0.717) is 31.8 Å².